The molecule has 1 rings (SSSR count). The second-order valence-electron chi connectivity index (χ2n) is 2.80. The molecule has 1 N–H and O–H groups in total. The summed E-state index contributed by atoms with van der Waals surface area (Å²) in [6.07, 6.45) is 1.11. The second kappa shape index (κ2) is 3.82. The van der Waals surface area contributed by atoms with Gasteiger partial charge < -0.3 is 5.32 Å². The van der Waals surface area contributed by atoms with E-state index in [0.717, 1.165) is 6.20 Å². The zero-order valence-electron chi connectivity index (χ0n) is 7.77. The van der Waals surface area contributed by atoms with Crippen molar-refractivity contribution in [1.29, 1.82) is 0 Å². The number of nitro groups is 1. The van der Waals surface area contributed by atoms with Gasteiger partial charge in [0.05, 0.1) is 4.92 Å². The topological polar surface area (TPSA) is 85.1 Å². The predicted molar refractivity (Wildman–Crippen MR) is 49.9 cm³/mol. The van der Waals surface area contributed by atoms with Crippen molar-refractivity contribution in [3.63, 3.8) is 0 Å². The maximum Gasteiger partial charge on any atom is 0.287 e. The summed E-state index contributed by atoms with van der Waals surface area (Å²) in [5.74, 6) is 0.0950. The standard InChI is InChI=1S/C8H9N3O3/c1-5-3-7(11(13)14)4-9-8(5)10-6(2)12/h3-4H,1-2H3,(H,9,10,12). The Hall–Kier alpha value is -1.98. The van der Waals surface area contributed by atoms with E-state index < -0.39 is 4.92 Å². The van der Waals surface area contributed by atoms with Crippen molar-refractivity contribution in [2.24, 2.45) is 0 Å². The first-order valence-corrected chi connectivity index (χ1v) is 3.89. The fraction of sp³-hybridized carbons (Fsp3) is 0.250. The molecule has 14 heavy (non-hydrogen) atoms. The van der Waals surface area contributed by atoms with E-state index in [-0.39, 0.29) is 11.6 Å². The van der Waals surface area contributed by atoms with E-state index >= 15 is 0 Å². The highest BCUT2D eigenvalue weighted by Gasteiger charge is 2.09. The molecule has 0 radical (unpaired) electrons. The average Bonchev–Trinajstić information content (AvgIpc) is 2.07. The van der Waals surface area contributed by atoms with Crippen LogP contribution in [0.25, 0.3) is 0 Å². The van der Waals surface area contributed by atoms with Gasteiger partial charge in [0.1, 0.15) is 12.0 Å². The number of nitrogens with zero attached hydrogens (tertiary/aromatic N) is 2. The minimum Gasteiger partial charge on any atom is -0.311 e. The van der Waals surface area contributed by atoms with Crippen LogP contribution in [0.5, 0.6) is 0 Å². The summed E-state index contributed by atoms with van der Waals surface area (Å²) in [7, 11) is 0. The molecule has 0 aliphatic heterocycles. The molecule has 0 saturated carbocycles. The number of nitrogens with one attached hydrogen (secondary N) is 1. The van der Waals surface area contributed by atoms with Gasteiger partial charge in [0.25, 0.3) is 5.69 Å². The van der Waals surface area contributed by atoms with E-state index in [9.17, 15) is 14.9 Å². The second-order valence-corrected chi connectivity index (χ2v) is 2.80. The number of aryl methyl sites for hydroxylation is 1. The molecular formula is C8H9N3O3. The molecule has 6 heteroatoms. The van der Waals surface area contributed by atoms with Crippen molar-refractivity contribution in [2.75, 3.05) is 5.32 Å². The van der Waals surface area contributed by atoms with E-state index in [4.69, 9.17) is 0 Å². The Balaban J connectivity index is 3.01. The first kappa shape index (κ1) is 10.1. The van der Waals surface area contributed by atoms with Gasteiger partial charge in [-0.25, -0.2) is 4.98 Å². The zero-order chi connectivity index (χ0) is 10.7. The van der Waals surface area contributed by atoms with Crippen molar-refractivity contribution < 1.29 is 9.72 Å². The number of pyridine rings is 1. The smallest absolute Gasteiger partial charge is 0.287 e. The molecular weight excluding hydrogens is 186 g/mol. The molecule has 6 nitrogen and oxygen atoms in total. The Morgan fingerprint density at radius 1 is 1.64 bits per heavy atom. The Labute approximate surface area is 80.1 Å². The minimum atomic E-state index is -0.530. The minimum absolute atomic E-state index is 0.0865. The highest BCUT2D eigenvalue weighted by Crippen LogP contribution is 2.17. The number of aromatic nitrogens is 1. The summed E-state index contributed by atoms with van der Waals surface area (Å²) in [5, 5.41) is 12.8. The summed E-state index contributed by atoms with van der Waals surface area (Å²) < 4.78 is 0. The van der Waals surface area contributed by atoms with Crippen molar-refractivity contribution in [3.05, 3.63) is 27.9 Å². The third kappa shape index (κ3) is 2.25. The van der Waals surface area contributed by atoms with Crippen molar-refractivity contribution in [2.45, 2.75) is 13.8 Å². The van der Waals surface area contributed by atoms with E-state index in [1.807, 2.05) is 0 Å². The molecule has 0 fully saturated rings. The fourth-order valence-corrected chi connectivity index (χ4v) is 0.957. The lowest BCUT2D eigenvalue weighted by molar-refractivity contribution is -0.385. The molecule has 0 spiro atoms. The Bertz CT molecular complexity index is 389. The normalized spacial score (nSPS) is 9.57. The largest absolute Gasteiger partial charge is 0.311 e. The summed E-state index contributed by atoms with van der Waals surface area (Å²) in [5.41, 5.74) is 0.478. The molecule has 1 heterocycles. The van der Waals surface area contributed by atoms with Gasteiger partial charge in [0, 0.05) is 13.0 Å². The van der Waals surface area contributed by atoms with Gasteiger partial charge in [-0.05, 0) is 12.5 Å². The summed E-state index contributed by atoms with van der Waals surface area (Å²) in [6, 6.07) is 1.36. The molecule has 74 valence electrons. The fourth-order valence-electron chi connectivity index (χ4n) is 0.957. The van der Waals surface area contributed by atoms with Gasteiger partial charge in [-0.15, -0.1) is 0 Å². The number of hydrogen-bond donors (Lipinski definition) is 1. The summed E-state index contributed by atoms with van der Waals surface area (Å²) >= 11 is 0. The van der Waals surface area contributed by atoms with E-state index in [1.54, 1.807) is 6.92 Å². The third-order valence-corrected chi connectivity index (χ3v) is 1.57. The van der Waals surface area contributed by atoms with Crippen LogP contribution < -0.4 is 5.32 Å². The zero-order valence-corrected chi connectivity index (χ0v) is 7.77. The number of hydrogen-bond acceptors (Lipinski definition) is 4. The van der Waals surface area contributed by atoms with Crippen LogP contribution in [0.15, 0.2) is 12.3 Å². The first-order chi connectivity index (χ1) is 6.50. The van der Waals surface area contributed by atoms with E-state index in [0.29, 0.717) is 11.4 Å². The van der Waals surface area contributed by atoms with Crippen LogP contribution in [-0.2, 0) is 4.79 Å². The van der Waals surface area contributed by atoms with Crippen LogP contribution >= 0.6 is 0 Å². The van der Waals surface area contributed by atoms with Crippen molar-refractivity contribution in [3.8, 4) is 0 Å². The molecule has 1 aromatic rings. The number of amides is 1. The molecule has 1 amide bonds. The average molecular weight is 195 g/mol. The highest BCUT2D eigenvalue weighted by molar-refractivity contribution is 5.88. The quantitative estimate of drug-likeness (QED) is 0.568. The summed E-state index contributed by atoms with van der Waals surface area (Å²) in [6.45, 7) is 2.99. The first-order valence-electron chi connectivity index (χ1n) is 3.89. The number of anilines is 1. The Kier molecular flexibility index (Phi) is 2.76. The molecule has 0 bridgehead atoms. The van der Waals surface area contributed by atoms with Gasteiger partial charge in [0.15, 0.2) is 0 Å². The van der Waals surface area contributed by atoms with Crippen LogP contribution in [0.4, 0.5) is 11.5 Å². The molecule has 0 aliphatic rings. The molecule has 1 aromatic heterocycles. The maximum atomic E-state index is 10.7. The molecule has 0 atom stereocenters. The van der Waals surface area contributed by atoms with Crippen LogP contribution in [0.1, 0.15) is 12.5 Å². The molecule has 0 aliphatic carbocycles. The SMILES string of the molecule is CC(=O)Nc1ncc([N+](=O)[O-])cc1C. The van der Waals surface area contributed by atoms with Gasteiger partial charge in [-0.2, -0.15) is 0 Å². The number of rotatable bonds is 2. The highest BCUT2D eigenvalue weighted by atomic mass is 16.6. The van der Waals surface area contributed by atoms with Gasteiger partial charge in [-0.3, -0.25) is 14.9 Å². The Morgan fingerprint density at radius 3 is 2.71 bits per heavy atom. The van der Waals surface area contributed by atoms with Gasteiger partial charge >= 0.3 is 0 Å². The monoisotopic (exact) mass is 195 g/mol. The maximum absolute atomic E-state index is 10.7. The predicted octanol–water partition coefficient (Wildman–Crippen LogP) is 1.26. The van der Waals surface area contributed by atoms with Gasteiger partial charge in [0.2, 0.25) is 5.91 Å². The lowest BCUT2D eigenvalue weighted by Gasteiger charge is -2.03. The van der Waals surface area contributed by atoms with E-state index in [1.165, 1.54) is 13.0 Å². The third-order valence-electron chi connectivity index (χ3n) is 1.57. The number of carbonyl (C=O) groups is 1. The van der Waals surface area contributed by atoms with Crippen LogP contribution in [0, 0.1) is 17.0 Å². The molecule has 0 saturated heterocycles. The van der Waals surface area contributed by atoms with Crippen LogP contribution in [0.3, 0.4) is 0 Å². The van der Waals surface area contributed by atoms with E-state index in [2.05, 4.69) is 10.3 Å². The number of carbonyl (C=O) groups excluding carboxylic acids is 1. The van der Waals surface area contributed by atoms with Crippen molar-refractivity contribution in [1.82, 2.24) is 4.98 Å². The molecule has 0 unspecified atom stereocenters. The lowest BCUT2D eigenvalue weighted by atomic mass is 10.2. The summed E-state index contributed by atoms with van der Waals surface area (Å²) in [4.78, 5) is 24.3. The van der Waals surface area contributed by atoms with Crippen LogP contribution in [0.2, 0.25) is 0 Å². The van der Waals surface area contributed by atoms with Gasteiger partial charge in [-0.1, -0.05) is 0 Å². The molecule has 0 aromatic carbocycles. The Morgan fingerprint density at radius 2 is 2.29 bits per heavy atom. The van der Waals surface area contributed by atoms with Crippen molar-refractivity contribution >= 4 is 17.4 Å². The lowest BCUT2D eigenvalue weighted by Crippen LogP contribution is -2.09. The van der Waals surface area contributed by atoms with Crippen LogP contribution in [-0.4, -0.2) is 15.8 Å².